The van der Waals surface area contributed by atoms with Crippen LogP contribution in [0.1, 0.15) is 11.5 Å². The van der Waals surface area contributed by atoms with Gasteiger partial charge in [0.25, 0.3) is 0 Å². The Bertz CT molecular complexity index is 147. The average Bonchev–Trinajstić information content (AvgIpc) is 1.87. The predicted octanol–water partition coefficient (Wildman–Crippen LogP) is -4.97. The molecule has 0 radical (unpaired) electrons. The fourth-order valence-corrected chi connectivity index (χ4v) is 0.538. The minimum absolute atomic E-state index is 0. The minimum atomic E-state index is 0. The SMILES string of the molecule is Cc1c[nH]c(C)n1.[Br-].[Li+]. The second-order valence-corrected chi connectivity index (χ2v) is 1.63. The van der Waals surface area contributed by atoms with E-state index in [0.29, 0.717) is 0 Å². The summed E-state index contributed by atoms with van der Waals surface area (Å²) in [4.78, 5) is 7.01. The molecule has 0 saturated carbocycles. The minimum Gasteiger partial charge on any atom is -1.00 e. The molecule has 0 fully saturated rings. The number of rotatable bonds is 0. The Morgan fingerprint density at radius 2 is 2.00 bits per heavy atom. The van der Waals surface area contributed by atoms with Gasteiger partial charge in [0.1, 0.15) is 5.82 Å². The molecule has 4 heteroatoms. The van der Waals surface area contributed by atoms with E-state index >= 15 is 0 Å². The summed E-state index contributed by atoms with van der Waals surface area (Å²) in [5.41, 5.74) is 1.05. The molecule has 1 N–H and O–H groups in total. The third kappa shape index (κ3) is 3.80. The average molecular weight is 183 g/mol. The van der Waals surface area contributed by atoms with Gasteiger partial charge in [0.2, 0.25) is 0 Å². The number of hydrogen-bond acceptors (Lipinski definition) is 1. The van der Waals surface area contributed by atoms with E-state index in [1.807, 2.05) is 20.0 Å². The number of hydrogen-bond donors (Lipinski definition) is 1. The van der Waals surface area contributed by atoms with Crippen LogP contribution in [0.3, 0.4) is 0 Å². The third-order valence-corrected chi connectivity index (χ3v) is 0.834. The molecule has 2 nitrogen and oxygen atoms in total. The zero-order chi connectivity index (χ0) is 5.28. The molecule has 0 bridgehead atoms. The maximum atomic E-state index is 4.06. The van der Waals surface area contributed by atoms with E-state index in [1.54, 1.807) is 0 Å². The first-order valence-electron chi connectivity index (χ1n) is 2.27. The normalized spacial score (nSPS) is 7.33. The van der Waals surface area contributed by atoms with E-state index in [4.69, 9.17) is 0 Å². The molecule has 0 unspecified atom stereocenters. The Labute approximate surface area is 77.4 Å². The van der Waals surface area contributed by atoms with Gasteiger partial charge in [-0.2, -0.15) is 0 Å². The quantitative estimate of drug-likeness (QED) is 0.401. The van der Waals surface area contributed by atoms with Crippen molar-refractivity contribution < 1.29 is 35.8 Å². The molecule has 1 rings (SSSR count). The van der Waals surface area contributed by atoms with Gasteiger partial charge < -0.3 is 22.0 Å². The van der Waals surface area contributed by atoms with Crippen molar-refractivity contribution in [3.8, 4) is 0 Å². The van der Waals surface area contributed by atoms with E-state index in [0.717, 1.165) is 11.5 Å². The fourth-order valence-electron chi connectivity index (χ4n) is 0.538. The summed E-state index contributed by atoms with van der Waals surface area (Å²) in [5, 5.41) is 0. The third-order valence-electron chi connectivity index (χ3n) is 0.834. The van der Waals surface area contributed by atoms with Crippen LogP contribution in [0.25, 0.3) is 0 Å². The molecular formula is C5H8BrLiN2. The standard InChI is InChI=1S/C5H8N2.BrH.Li/c1-4-3-6-5(2)7-4;;/h3H,1-2H3,(H,6,7);1H;/q;;+1/p-1. The summed E-state index contributed by atoms with van der Waals surface area (Å²) in [6.45, 7) is 3.90. The summed E-state index contributed by atoms with van der Waals surface area (Å²) < 4.78 is 0. The molecule has 0 spiro atoms. The number of aromatic nitrogens is 2. The van der Waals surface area contributed by atoms with Crippen LogP contribution in [-0.2, 0) is 0 Å². The van der Waals surface area contributed by atoms with Crippen molar-refractivity contribution in [1.82, 2.24) is 9.97 Å². The predicted molar refractivity (Wildman–Crippen MR) is 28.1 cm³/mol. The first kappa shape index (κ1) is 12.0. The summed E-state index contributed by atoms with van der Waals surface area (Å²) in [7, 11) is 0. The first-order chi connectivity index (χ1) is 3.29. The van der Waals surface area contributed by atoms with Crippen LogP contribution in [0.15, 0.2) is 6.20 Å². The van der Waals surface area contributed by atoms with Crippen molar-refractivity contribution in [2.75, 3.05) is 0 Å². The molecule has 1 heterocycles. The van der Waals surface area contributed by atoms with E-state index < -0.39 is 0 Å². The van der Waals surface area contributed by atoms with E-state index in [2.05, 4.69) is 9.97 Å². The molecule has 9 heavy (non-hydrogen) atoms. The van der Waals surface area contributed by atoms with Gasteiger partial charge in [0.05, 0.1) is 5.69 Å². The van der Waals surface area contributed by atoms with Crippen LogP contribution >= 0.6 is 0 Å². The number of halogens is 1. The number of imidazole rings is 1. The Balaban J connectivity index is 0. The Kier molecular flexibility index (Phi) is 6.81. The van der Waals surface area contributed by atoms with Crippen LogP contribution in [0.2, 0.25) is 0 Å². The van der Waals surface area contributed by atoms with Gasteiger partial charge in [-0.3, -0.25) is 0 Å². The van der Waals surface area contributed by atoms with Gasteiger partial charge in [-0.05, 0) is 13.8 Å². The molecule has 0 aliphatic heterocycles. The van der Waals surface area contributed by atoms with Gasteiger partial charge >= 0.3 is 18.9 Å². The topological polar surface area (TPSA) is 28.7 Å². The molecule has 46 valence electrons. The monoisotopic (exact) mass is 182 g/mol. The molecular weight excluding hydrogens is 175 g/mol. The van der Waals surface area contributed by atoms with Crippen molar-refractivity contribution in [2.24, 2.45) is 0 Å². The maximum Gasteiger partial charge on any atom is 1.00 e. The molecule has 0 amide bonds. The van der Waals surface area contributed by atoms with Crippen molar-refractivity contribution in [1.29, 1.82) is 0 Å². The summed E-state index contributed by atoms with van der Waals surface area (Å²) in [6.07, 6.45) is 1.88. The molecule has 0 atom stereocenters. The maximum absolute atomic E-state index is 4.06. The fraction of sp³-hybridized carbons (Fsp3) is 0.400. The van der Waals surface area contributed by atoms with Crippen LogP contribution in [0, 0.1) is 13.8 Å². The first-order valence-corrected chi connectivity index (χ1v) is 2.27. The number of aromatic amines is 1. The van der Waals surface area contributed by atoms with Gasteiger partial charge in [0.15, 0.2) is 0 Å². The number of nitrogens with zero attached hydrogens (tertiary/aromatic N) is 1. The van der Waals surface area contributed by atoms with Gasteiger partial charge in [-0.15, -0.1) is 0 Å². The van der Waals surface area contributed by atoms with Crippen molar-refractivity contribution in [3.63, 3.8) is 0 Å². The van der Waals surface area contributed by atoms with E-state index in [-0.39, 0.29) is 35.8 Å². The van der Waals surface area contributed by atoms with Crippen molar-refractivity contribution in [3.05, 3.63) is 17.7 Å². The Morgan fingerprint density at radius 1 is 1.44 bits per heavy atom. The molecule has 0 aromatic carbocycles. The number of H-pyrrole nitrogens is 1. The van der Waals surface area contributed by atoms with Crippen molar-refractivity contribution in [2.45, 2.75) is 13.8 Å². The molecule has 1 aromatic heterocycles. The summed E-state index contributed by atoms with van der Waals surface area (Å²) in [6, 6.07) is 0. The van der Waals surface area contributed by atoms with Gasteiger partial charge in [-0.1, -0.05) is 0 Å². The Hall–Kier alpha value is 0.287. The number of aryl methyl sites for hydroxylation is 2. The van der Waals surface area contributed by atoms with E-state index in [9.17, 15) is 0 Å². The number of nitrogens with one attached hydrogen (secondary N) is 1. The zero-order valence-corrected chi connectivity index (χ0v) is 7.49. The molecule has 0 saturated heterocycles. The van der Waals surface area contributed by atoms with Crippen LogP contribution < -0.4 is 35.8 Å². The van der Waals surface area contributed by atoms with Crippen LogP contribution in [0.4, 0.5) is 0 Å². The Morgan fingerprint density at radius 3 is 2.11 bits per heavy atom. The molecule has 0 aliphatic carbocycles. The van der Waals surface area contributed by atoms with Crippen molar-refractivity contribution >= 4 is 0 Å². The second-order valence-electron chi connectivity index (χ2n) is 1.63. The summed E-state index contributed by atoms with van der Waals surface area (Å²) in [5.74, 6) is 0.984. The molecule has 1 aromatic rings. The van der Waals surface area contributed by atoms with Gasteiger partial charge in [-0.25, -0.2) is 4.98 Å². The molecule has 0 aliphatic rings. The smallest absolute Gasteiger partial charge is 1.00 e. The second kappa shape index (κ2) is 5.10. The van der Waals surface area contributed by atoms with Crippen LogP contribution in [-0.4, -0.2) is 9.97 Å². The van der Waals surface area contributed by atoms with E-state index in [1.165, 1.54) is 0 Å². The zero-order valence-electron chi connectivity index (χ0n) is 5.90. The largest absolute Gasteiger partial charge is 1.00 e. The summed E-state index contributed by atoms with van der Waals surface area (Å²) >= 11 is 0. The van der Waals surface area contributed by atoms with Gasteiger partial charge in [0, 0.05) is 6.20 Å². The van der Waals surface area contributed by atoms with Crippen LogP contribution in [0.5, 0.6) is 0 Å².